The molecule has 0 atom stereocenters. The van der Waals surface area contributed by atoms with Crippen molar-refractivity contribution in [1.82, 2.24) is 9.97 Å². The molecule has 12 heavy (non-hydrogen) atoms. The van der Waals surface area contributed by atoms with E-state index < -0.39 is 5.60 Å². The SMILES string of the molecule is OC1(c2c(Cl)ncnc2Cl)CC1. The first-order valence-corrected chi connectivity index (χ1v) is 4.28. The molecule has 3 nitrogen and oxygen atoms in total. The van der Waals surface area contributed by atoms with Gasteiger partial charge >= 0.3 is 0 Å². The van der Waals surface area contributed by atoms with Crippen molar-refractivity contribution >= 4 is 23.2 Å². The molecule has 1 N–H and O–H groups in total. The van der Waals surface area contributed by atoms with Gasteiger partial charge in [0.25, 0.3) is 0 Å². The van der Waals surface area contributed by atoms with E-state index in [4.69, 9.17) is 23.2 Å². The van der Waals surface area contributed by atoms with Gasteiger partial charge in [-0.15, -0.1) is 0 Å². The van der Waals surface area contributed by atoms with Gasteiger partial charge in [-0.1, -0.05) is 23.2 Å². The zero-order chi connectivity index (χ0) is 8.77. The third-order valence-electron chi connectivity index (χ3n) is 1.94. The van der Waals surface area contributed by atoms with E-state index >= 15 is 0 Å². The largest absolute Gasteiger partial charge is 0.385 e. The Labute approximate surface area is 79.4 Å². The highest BCUT2D eigenvalue weighted by Gasteiger charge is 2.46. The first kappa shape index (κ1) is 8.23. The van der Waals surface area contributed by atoms with E-state index in [-0.39, 0.29) is 10.3 Å². The van der Waals surface area contributed by atoms with Gasteiger partial charge in [-0.25, -0.2) is 9.97 Å². The molecule has 0 amide bonds. The van der Waals surface area contributed by atoms with Crippen molar-refractivity contribution in [3.63, 3.8) is 0 Å². The maximum Gasteiger partial charge on any atom is 0.140 e. The molecule has 64 valence electrons. The fourth-order valence-corrected chi connectivity index (χ4v) is 1.76. The van der Waals surface area contributed by atoms with Crippen molar-refractivity contribution in [1.29, 1.82) is 0 Å². The summed E-state index contributed by atoms with van der Waals surface area (Å²) < 4.78 is 0. The lowest BCUT2D eigenvalue weighted by Crippen LogP contribution is -2.08. The van der Waals surface area contributed by atoms with E-state index in [1.165, 1.54) is 6.33 Å². The van der Waals surface area contributed by atoms with Crippen molar-refractivity contribution in [2.75, 3.05) is 0 Å². The average molecular weight is 205 g/mol. The van der Waals surface area contributed by atoms with Gasteiger partial charge in [0.1, 0.15) is 16.6 Å². The molecule has 5 heteroatoms. The lowest BCUT2D eigenvalue weighted by molar-refractivity contribution is 0.151. The third-order valence-corrected chi connectivity index (χ3v) is 2.52. The second-order valence-electron chi connectivity index (χ2n) is 2.86. The van der Waals surface area contributed by atoms with Gasteiger partial charge in [-0.3, -0.25) is 0 Å². The van der Waals surface area contributed by atoms with Crippen LogP contribution in [0.25, 0.3) is 0 Å². The fraction of sp³-hybridized carbons (Fsp3) is 0.429. The molecule has 1 saturated carbocycles. The monoisotopic (exact) mass is 204 g/mol. The summed E-state index contributed by atoms with van der Waals surface area (Å²) in [6.45, 7) is 0. The predicted octanol–water partition coefficient (Wildman–Crippen LogP) is 1.76. The summed E-state index contributed by atoms with van der Waals surface area (Å²) in [5, 5.41) is 10.2. The standard InChI is InChI=1S/C7H6Cl2N2O/c8-5-4(7(12)1-2-7)6(9)11-3-10-5/h3,12H,1-2H2. The van der Waals surface area contributed by atoms with Crippen LogP contribution in [0.5, 0.6) is 0 Å². The molecule has 0 unspecified atom stereocenters. The highest BCUT2D eigenvalue weighted by Crippen LogP contribution is 2.49. The molecule has 1 heterocycles. The van der Waals surface area contributed by atoms with Crippen LogP contribution >= 0.6 is 23.2 Å². The number of nitrogens with zero attached hydrogens (tertiary/aromatic N) is 2. The molecule has 1 fully saturated rings. The Morgan fingerprint density at radius 2 is 1.75 bits per heavy atom. The number of rotatable bonds is 1. The number of aliphatic hydroxyl groups is 1. The minimum Gasteiger partial charge on any atom is -0.385 e. The quantitative estimate of drug-likeness (QED) is 0.710. The first-order valence-electron chi connectivity index (χ1n) is 3.52. The molecule has 0 aromatic carbocycles. The van der Waals surface area contributed by atoms with E-state index in [9.17, 15) is 5.11 Å². The molecule has 0 radical (unpaired) electrons. The molecule has 1 aliphatic rings. The van der Waals surface area contributed by atoms with Gasteiger partial charge in [0.15, 0.2) is 0 Å². The zero-order valence-electron chi connectivity index (χ0n) is 6.09. The van der Waals surface area contributed by atoms with Crippen LogP contribution in [-0.2, 0) is 5.60 Å². The lowest BCUT2D eigenvalue weighted by Gasteiger charge is -2.09. The molecular formula is C7H6Cl2N2O. The van der Waals surface area contributed by atoms with Crippen molar-refractivity contribution in [3.05, 3.63) is 22.2 Å². The van der Waals surface area contributed by atoms with Gasteiger partial charge in [0.05, 0.1) is 11.2 Å². The van der Waals surface area contributed by atoms with Gasteiger partial charge in [-0.05, 0) is 12.8 Å². The molecule has 1 aromatic heterocycles. The molecular weight excluding hydrogens is 199 g/mol. The zero-order valence-corrected chi connectivity index (χ0v) is 7.60. The summed E-state index contributed by atoms with van der Waals surface area (Å²) in [5.41, 5.74) is -0.400. The van der Waals surface area contributed by atoms with E-state index in [0.29, 0.717) is 18.4 Å². The number of aromatic nitrogens is 2. The van der Waals surface area contributed by atoms with Crippen LogP contribution in [0.1, 0.15) is 18.4 Å². The third kappa shape index (κ3) is 1.18. The predicted molar refractivity (Wildman–Crippen MR) is 45.2 cm³/mol. The maximum absolute atomic E-state index is 9.71. The van der Waals surface area contributed by atoms with E-state index in [2.05, 4.69) is 9.97 Å². The Hall–Kier alpha value is -0.380. The normalized spacial score (nSPS) is 19.2. The summed E-state index contributed by atoms with van der Waals surface area (Å²) in [6, 6.07) is 0. The molecule has 1 aromatic rings. The van der Waals surface area contributed by atoms with Crippen molar-refractivity contribution < 1.29 is 5.11 Å². The van der Waals surface area contributed by atoms with Crippen LogP contribution in [0.2, 0.25) is 10.3 Å². The van der Waals surface area contributed by atoms with E-state index in [1.807, 2.05) is 0 Å². The topological polar surface area (TPSA) is 46.0 Å². The van der Waals surface area contributed by atoms with Gasteiger partial charge < -0.3 is 5.11 Å². The summed E-state index contributed by atoms with van der Waals surface area (Å²) in [6.07, 6.45) is 2.64. The fourth-order valence-electron chi connectivity index (χ4n) is 1.10. The number of hydrogen-bond acceptors (Lipinski definition) is 3. The Kier molecular flexibility index (Phi) is 1.75. The molecule has 1 aliphatic carbocycles. The molecule has 0 saturated heterocycles. The molecule has 0 aliphatic heterocycles. The Bertz CT molecular complexity index is 305. The smallest absolute Gasteiger partial charge is 0.140 e. The van der Waals surface area contributed by atoms with Gasteiger partial charge in [0.2, 0.25) is 0 Å². The Morgan fingerprint density at radius 3 is 2.17 bits per heavy atom. The van der Waals surface area contributed by atoms with Gasteiger partial charge in [0, 0.05) is 0 Å². The van der Waals surface area contributed by atoms with Crippen molar-refractivity contribution in [2.24, 2.45) is 0 Å². The average Bonchev–Trinajstić information content (AvgIpc) is 2.68. The number of hydrogen-bond donors (Lipinski definition) is 1. The second kappa shape index (κ2) is 2.55. The van der Waals surface area contributed by atoms with Crippen LogP contribution in [0, 0.1) is 0 Å². The van der Waals surface area contributed by atoms with Crippen LogP contribution < -0.4 is 0 Å². The Morgan fingerprint density at radius 1 is 1.25 bits per heavy atom. The van der Waals surface area contributed by atoms with Crippen LogP contribution in [0.15, 0.2) is 6.33 Å². The van der Waals surface area contributed by atoms with E-state index in [1.54, 1.807) is 0 Å². The molecule has 0 bridgehead atoms. The second-order valence-corrected chi connectivity index (χ2v) is 3.58. The Balaban J connectivity index is 2.55. The van der Waals surface area contributed by atoms with Gasteiger partial charge in [-0.2, -0.15) is 0 Å². The van der Waals surface area contributed by atoms with Crippen LogP contribution in [0.4, 0.5) is 0 Å². The highest BCUT2D eigenvalue weighted by molar-refractivity contribution is 6.34. The molecule has 0 spiro atoms. The minimum atomic E-state index is -0.866. The first-order chi connectivity index (χ1) is 5.63. The van der Waals surface area contributed by atoms with Crippen molar-refractivity contribution in [2.45, 2.75) is 18.4 Å². The van der Waals surface area contributed by atoms with Crippen molar-refractivity contribution in [3.8, 4) is 0 Å². The lowest BCUT2D eigenvalue weighted by atomic mass is 10.2. The summed E-state index contributed by atoms with van der Waals surface area (Å²) in [4.78, 5) is 7.51. The molecule has 2 rings (SSSR count). The summed E-state index contributed by atoms with van der Waals surface area (Å²) >= 11 is 11.5. The van der Waals surface area contributed by atoms with Crippen LogP contribution in [-0.4, -0.2) is 15.1 Å². The minimum absolute atomic E-state index is 0.245. The maximum atomic E-state index is 9.71. The number of halogens is 2. The van der Waals surface area contributed by atoms with E-state index in [0.717, 1.165) is 0 Å². The highest BCUT2D eigenvalue weighted by atomic mass is 35.5. The summed E-state index contributed by atoms with van der Waals surface area (Å²) in [7, 11) is 0. The van der Waals surface area contributed by atoms with Crippen LogP contribution in [0.3, 0.4) is 0 Å². The summed E-state index contributed by atoms with van der Waals surface area (Å²) in [5.74, 6) is 0.